The second kappa shape index (κ2) is 7.40. The van der Waals surface area contributed by atoms with Gasteiger partial charge >= 0.3 is 0 Å². The van der Waals surface area contributed by atoms with Crippen LogP contribution >= 0.6 is 0 Å². The first-order valence-corrected chi connectivity index (χ1v) is 8.67. The van der Waals surface area contributed by atoms with Crippen LogP contribution in [0.5, 0.6) is 5.75 Å². The molecule has 2 aliphatic heterocycles. The van der Waals surface area contributed by atoms with Gasteiger partial charge in [0.25, 0.3) is 0 Å². The molecule has 6 heteroatoms. The molecule has 1 aromatic carbocycles. The summed E-state index contributed by atoms with van der Waals surface area (Å²) < 4.78 is 10.6. The lowest BCUT2D eigenvalue weighted by Gasteiger charge is -2.40. The number of methoxy groups -OCH3 is 1. The van der Waals surface area contributed by atoms with E-state index in [4.69, 9.17) is 15.2 Å². The average molecular weight is 333 g/mol. The molecule has 1 amide bonds. The number of nitrogens with two attached hydrogens (primary N) is 1. The number of hydrogen-bond donors (Lipinski definition) is 2. The number of rotatable bonds is 4. The summed E-state index contributed by atoms with van der Waals surface area (Å²) in [4.78, 5) is 14.7. The van der Waals surface area contributed by atoms with Gasteiger partial charge < -0.3 is 25.4 Å². The Kier molecular flexibility index (Phi) is 5.26. The van der Waals surface area contributed by atoms with Gasteiger partial charge in [0, 0.05) is 44.1 Å². The van der Waals surface area contributed by atoms with Crippen LogP contribution in [-0.4, -0.2) is 55.8 Å². The van der Waals surface area contributed by atoms with Crippen molar-refractivity contribution in [3.05, 3.63) is 24.3 Å². The second-order valence-corrected chi connectivity index (χ2v) is 6.71. The number of carbonyl (C=O) groups excluding carboxylic acids is 1. The summed E-state index contributed by atoms with van der Waals surface area (Å²) in [6.07, 6.45) is 3.09. The number of ether oxygens (including phenoxy) is 2. The SMILES string of the molecule is COc1cccc(NC2CCN(C(=O)C3(N)CCOCC3)CC2)c1. The lowest BCUT2D eigenvalue weighted by molar-refractivity contribution is -0.141. The fourth-order valence-electron chi connectivity index (χ4n) is 3.44. The molecule has 2 saturated heterocycles. The van der Waals surface area contributed by atoms with Crippen LogP contribution in [0.2, 0.25) is 0 Å². The predicted molar refractivity (Wildman–Crippen MR) is 93.2 cm³/mol. The van der Waals surface area contributed by atoms with Gasteiger partial charge in [0.1, 0.15) is 5.75 Å². The number of nitrogens with zero attached hydrogens (tertiary/aromatic N) is 1. The Morgan fingerprint density at radius 1 is 1.33 bits per heavy atom. The molecule has 132 valence electrons. The summed E-state index contributed by atoms with van der Waals surface area (Å²) in [5.41, 5.74) is 6.65. The molecular formula is C18H27N3O3. The van der Waals surface area contributed by atoms with Crippen molar-refractivity contribution >= 4 is 11.6 Å². The molecule has 2 heterocycles. The van der Waals surface area contributed by atoms with E-state index < -0.39 is 5.54 Å². The molecule has 0 spiro atoms. The molecule has 2 aliphatic rings. The van der Waals surface area contributed by atoms with Gasteiger partial charge in [-0.3, -0.25) is 4.79 Å². The minimum atomic E-state index is -0.731. The Hall–Kier alpha value is -1.79. The van der Waals surface area contributed by atoms with Crippen LogP contribution in [0, 0.1) is 0 Å². The topological polar surface area (TPSA) is 76.8 Å². The van der Waals surface area contributed by atoms with E-state index in [1.165, 1.54) is 0 Å². The zero-order valence-electron chi connectivity index (χ0n) is 14.3. The summed E-state index contributed by atoms with van der Waals surface area (Å²) in [6, 6.07) is 8.31. The van der Waals surface area contributed by atoms with Gasteiger partial charge in [0.2, 0.25) is 5.91 Å². The minimum absolute atomic E-state index is 0.0885. The molecule has 0 unspecified atom stereocenters. The van der Waals surface area contributed by atoms with Crippen LogP contribution in [0.25, 0.3) is 0 Å². The number of likely N-dealkylation sites (tertiary alicyclic amines) is 1. The van der Waals surface area contributed by atoms with Gasteiger partial charge in [-0.1, -0.05) is 6.07 Å². The number of benzene rings is 1. The van der Waals surface area contributed by atoms with E-state index in [2.05, 4.69) is 5.32 Å². The van der Waals surface area contributed by atoms with Crippen molar-refractivity contribution < 1.29 is 14.3 Å². The molecule has 6 nitrogen and oxygen atoms in total. The molecule has 24 heavy (non-hydrogen) atoms. The molecule has 1 aromatic rings. The van der Waals surface area contributed by atoms with Crippen molar-refractivity contribution in [3.63, 3.8) is 0 Å². The smallest absolute Gasteiger partial charge is 0.242 e. The zero-order chi connectivity index (χ0) is 17.0. The molecule has 3 N–H and O–H groups in total. The maximum atomic E-state index is 12.7. The highest BCUT2D eigenvalue weighted by atomic mass is 16.5. The van der Waals surface area contributed by atoms with Crippen molar-refractivity contribution in [3.8, 4) is 5.75 Å². The monoisotopic (exact) mass is 333 g/mol. The minimum Gasteiger partial charge on any atom is -0.497 e. The van der Waals surface area contributed by atoms with Gasteiger partial charge in [0.15, 0.2) is 0 Å². The van der Waals surface area contributed by atoms with Crippen LogP contribution in [-0.2, 0) is 9.53 Å². The van der Waals surface area contributed by atoms with Crippen LogP contribution in [0.1, 0.15) is 25.7 Å². The van der Waals surface area contributed by atoms with Crippen LogP contribution in [0.15, 0.2) is 24.3 Å². The number of hydrogen-bond acceptors (Lipinski definition) is 5. The Labute approximate surface area is 143 Å². The third-order valence-corrected chi connectivity index (χ3v) is 5.03. The molecule has 0 atom stereocenters. The molecule has 3 rings (SSSR count). The van der Waals surface area contributed by atoms with Gasteiger partial charge in [-0.05, 0) is 37.8 Å². The standard InChI is InChI=1S/C18H27N3O3/c1-23-16-4-2-3-15(13-16)20-14-5-9-21(10-6-14)17(22)18(19)7-11-24-12-8-18/h2-4,13-14,20H,5-12,19H2,1H3. The predicted octanol–water partition coefficient (Wildman–Crippen LogP) is 1.61. The van der Waals surface area contributed by atoms with E-state index in [-0.39, 0.29) is 5.91 Å². The summed E-state index contributed by atoms with van der Waals surface area (Å²) in [7, 11) is 1.67. The summed E-state index contributed by atoms with van der Waals surface area (Å²) >= 11 is 0. The number of carbonyl (C=O) groups is 1. The zero-order valence-corrected chi connectivity index (χ0v) is 14.3. The Morgan fingerprint density at radius 2 is 2.04 bits per heavy atom. The average Bonchev–Trinajstić information content (AvgIpc) is 2.62. The lowest BCUT2D eigenvalue weighted by Crippen LogP contribution is -2.59. The molecule has 2 fully saturated rings. The lowest BCUT2D eigenvalue weighted by atomic mass is 9.88. The number of amides is 1. The fourth-order valence-corrected chi connectivity index (χ4v) is 3.44. The van der Waals surface area contributed by atoms with Gasteiger partial charge in [0.05, 0.1) is 12.6 Å². The normalized spacial score (nSPS) is 21.3. The van der Waals surface area contributed by atoms with E-state index in [1.807, 2.05) is 29.2 Å². The first-order valence-electron chi connectivity index (χ1n) is 8.67. The van der Waals surface area contributed by atoms with Crippen LogP contribution in [0.4, 0.5) is 5.69 Å². The number of nitrogens with one attached hydrogen (secondary N) is 1. The van der Waals surface area contributed by atoms with Crippen LogP contribution in [0.3, 0.4) is 0 Å². The van der Waals surface area contributed by atoms with E-state index >= 15 is 0 Å². The highest BCUT2D eigenvalue weighted by Crippen LogP contribution is 2.24. The molecule has 0 radical (unpaired) electrons. The largest absolute Gasteiger partial charge is 0.497 e. The Balaban J connectivity index is 1.52. The highest BCUT2D eigenvalue weighted by Gasteiger charge is 2.39. The van der Waals surface area contributed by atoms with E-state index in [9.17, 15) is 4.79 Å². The van der Waals surface area contributed by atoms with Gasteiger partial charge in [-0.2, -0.15) is 0 Å². The number of anilines is 1. The third-order valence-electron chi connectivity index (χ3n) is 5.03. The molecule has 0 aromatic heterocycles. The molecular weight excluding hydrogens is 306 g/mol. The second-order valence-electron chi connectivity index (χ2n) is 6.71. The number of piperidine rings is 1. The molecule has 0 saturated carbocycles. The quantitative estimate of drug-likeness (QED) is 0.875. The van der Waals surface area contributed by atoms with E-state index in [0.717, 1.165) is 37.4 Å². The fraction of sp³-hybridized carbons (Fsp3) is 0.611. The van der Waals surface area contributed by atoms with Gasteiger partial charge in [-0.25, -0.2) is 0 Å². The first-order chi connectivity index (χ1) is 11.6. The van der Waals surface area contributed by atoms with Gasteiger partial charge in [-0.15, -0.1) is 0 Å². The first kappa shape index (κ1) is 17.0. The Morgan fingerprint density at radius 3 is 2.71 bits per heavy atom. The summed E-state index contributed by atoms with van der Waals surface area (Å²) in [5, 5.41) is 3.53. The van der Waals surface area contributed by atoms with E-state index in [0.29, 0.717) is 32.1 Å². The van der Waals surface area contributed by atoms with Crippen molar-refractivity contribution in [2.24, 2.45) is 5.73 Å². The summed E-state index contributed by atoms with van der Waals surface area (Å²) in [5.74, 6) is 0.933. The third kappa shape index (κ3) is 3.82. The maximum absolute atomic E-state index is 12.7. The van der Waals surface area contributed by atoms with Crippen molar-refractivity contribution in [2.45, 2.75) is 37.3 Å². The maximum Gasteiger partial charge on any atom is 0.242 e. The summed E-state index contributed by atoms with van der Waals surface area (Å²) in [6.45, 7) is 2.66. The van der Waals surface area contributed by atoms with Crippen molar-refractivity contribution in [1.29, 1.82) is 0 Å². The van der Waals surface area contributed by atoms with Crippen LogP contribution < -0.4 is 15.8 Å². The Bertz CT molecular complexity index is 564. The molecule has 0 aliphatic carbocycles. The van der Waals surface area contributed by atoms with Crippen molar-refractivity contribution in [2.75, 3.05) is 38.7 Å². The van der Waals surface area contributed by atoms with Crippen molar-refractivity contribution in [1.82, 2.24) is 4.90 Å². The highest BCUT2D eigenvalue weighted by molar-refractivity contribution is 5.86. The molecule has 0 bridgehead atoms. The van der Waals surface area contributed by atoms with E-state index in [1.54, 1.807) is 7.11 Å².